The molecule has 1 N–H and O–H groups in total. The molecule has 0 aromatic heterocycles. The minimum Gasteiger partial charge on any atom is -0.790 e. The van der Waals surface area contributed by atoms with Crippen LogP contribution in [0.1, 0.15) is 110 Å². The first-order valence-corrected chi connectivity index (χ1v) is 11.2. The molecule has 0 fully saturated rings. The molecule has 0 aliphatic heterocycles. The van der Waals surface area contributed by atoms with Crippen LogP contribution in [-0.4, -0.2) is 10.9 Å². The van der Waals surface area contributed by atoms with Gasteiger partial charge in [0.2, 0.25) is 0 Å². The SMILES string of the molecule is CCCCCCCCCCCCCCCCCC(=O)[O-].O=P([O-])([O-])O.[Na+].[Na+].[Na+]. The van der Waals surface area contributed by atoms with Gasteiger partial charge in [0.1, 0.15) is 0 Å². The van der Waals surface area contributed by atoms with Gasteiger partial charge in [-0.1, -0.05) is 96.8 Å². The second-order valence-corrected chi connectivity index (χ2v) is 7.48. The van der Waals surface area contributed by atoms with Crippen LogP contribution >= 0.6 is 7.82 Å². The van der Waals surface area contributed by atoms with Crippen LogP contribution in [0.5, 0.6) is 0 Å². The molecule has 0 aromatic carbocycles. The van der Waals surface area contributed by atoms with Gasteiger partial charge in [0.05, 0.1) is 7.82 Å². The maximum atomic E-state index is 10.2. The molecule has 0 amide bonds. The number of aliphatic carboxylic acids is 1. The first-order valence-electron chi connectivity index (χ1n) is 9.72. The summed E-state index contributed by atoms with van der Waals surface area (Å²) in [6.07, 6.45) is 19.9. The van der Waals surface area contributed by atoms with Gasteiger partial charge in [-0.05, 0) is 12.8 Å². The molecule has 0 heterocycles. The maximum Gasteiger partial charge on any atom is 1.00 e. The van der Waals surface area contributed by atoms with E-state index in [1.54, 1.807) is 0 Å². The standard InChI is InChI=1S/C18H36O2.3Na.H3O4P/c1-2-3-4-5-6-7-8-9-10-11-12-13-14-15-16-17-18(19)20;;;;1-5(2,3)4/h2-17H2,1H3,(H,19,20);;;;(H3,1,2,3,4)/q;3*+1;/p-3. The van der Waals surface area contributed by atoms with Crippen LogP contribution in [0.15, 0.2) is 0 Å². The largest absolute Gasteiger partial charge is 1.00 e. The molecule has 28 heavy (non-hydrogen) atoms. The topological polar surface area (TPSA) is 124 Å². The van der Waals surface area contributed by atoms with Crippen LogP contribution in [0.25, 0.3) is 0 Å². The van der Waals surface area contributed by atoms with Crippen molar-refractivity contribution < 1.29 is 118 Å². The molecule has 0 rings (SSSR count). The molecule has 0 radical (unpaired) electrons. The molecule has 0 aliphatic carbocycles. The monoisotopic (exact) mass is 448 g/mol. The Kier molecular flexibility index (Phi) is 46.4. The summed E-state index contributed by atoms with van der Waals surface area (Å²) >= 11 is 0. The zero-order valence-electron chi connectivity index (χ0n) is 18.7. The van der Waals surface area contributed by atoms with Gasteiger partial charge in [-0.2, -0.15) is 0 Å². The predicted octanol–water partition coefficient (Wildman–Crippen LogP) is -6.18. The third kappa shape index (κ3) is 56.7. The molecule has 0 atom stereocenters. The molecule has 0 spiro atoms. The Morgan fingerprint density at radius 1 is 0.679 bits per heavy atom. The van der Waals surface area contributed by atoms with Crippen molar-refractivity contribution in [3.63, 3.8) is 0 Å². The third-order valence-electron chi connectivity index (χ3n) is 3.98. The van der Waals surface area contributed by atoms with Gasteiger partial charge in [0.25, 0.3) is 0 Å². The molecule has 6 nitrogen and oxygen atoms in total. The van der Waals surface area contributed by atoms with E-state index in [0.717, 1.165) is 12.8 Å². The average Bonchev–Trinajstić information content (AvgIpc) is 2.49. The minimum absolute atomic E-state index is 0. The summed E-state index contributed by atoms with van der Waals surface area (Å²) < 4.78 is 8.66. The van der Waals surface area contributed by atoms with E-state index >= 15 is 0 Å². The van der Waals surface area contributed by atoms with E-state index in [4.69, 9.17) is 19.2 Å². The van der Waals surface area contributed by atoms with Crippen molar-refractivity contribution in [2.24, 2.45) is 0 Å². The average molecular weight is 448 g/mol. The number of carboxylic acid groups (broad SMARTS) is 1. The van der Waals surface area contributed by atoms with Crippen LogP contribution in [-0.2, 0) is 9.36 Å². The van der Waals surface area contributed by atoms with Gasteiger partial charge >= 0.3 is 88.7 Å². The van der Waals surface area contributed by atoms with E-state index in [0.29, 0.717) is 0 Å². The van der Waals surface area contributed by atoms with E-state index in [1.165, 1.54) is 83.5 Å². The molecule has 0 aromatic rings. The van der Waals surface area contributed by atoms with Gasteiger partial charge in [0.15, 0.2) is 0 Å². The van der Waals surface area contributed by atoms with Gasteiger partial charge in [-0.3, -0.25) is 0 Å². The van der Waals surface area contributed by atoms with Gasteiger partial charge < -0.3 is 29.1 Å². The number of carbonyl (C=O) groups excluding carboxylic acids is 1. The molecular weight excluding hydrogens is 412 g/mol. The Morgan fingerprint density at radius 3 is 1.11 bits per heavy atom. The molecule has 10 heteroatoms. The van der Waals surface area contributed by atoms with Crippen LogP contribution < -0.4 is 104 Å². The zero-order valence-corrected chi connectivity index (χ0v) is 25.6. The Labute approximate surface area is 238 Å². The van der Waals surface area contributed by atoms with Crippen molar-refractivity contribution in [1.29, 1.82) is 0 Å². The molecule has 0 aliphatic rings. The number of carboxylic acids is 1. The van der Waals surface area contributed by atoms with Crippen LogP contribution in [0.4, 0.5) is 0 Å². The summed E-state index contributed by atoms with van der Waals surface area (Å²) in [5, 5.41) is 10.2. The van der Waals surface area contributed by atoms with Crippen LogP contribution in [0.3, 0.4) is 0 Å². The van der Waals surface area contributed by atoms with E-state index in [9.17, 15) is 9.90 Å². The van der Waals surface area contributed by atoms with Crippen molar-refractivity contribution in [2.45, 2.75) is 110 Å². The molecular formula is C18H36Na3O6P. The number of hydrogen-bond acceptors (Lipinski definition) is 5. The summed E-state index contributed by atoms with van der Waals surface area (Å²) in [6, 6.07) is 0. The van der Waals surface area contributed by atoms with Crippen molar-refractivity contribution in [3.05, 3.63) is 0 Å². The summed E-state index contributed by atoms with van der Waals surface area (Å²) in [6.45, 7) is 2.27. The Hall–Kier alpha value is 2.58. The summed E-state index contributed by atoms with van der Waals surface area (Å²) in [4.78, 5) is 34.5. The fourth-order valence-electron chi connectivity index (χ4n) is 2.64. The zero-order chi connectivity index (χ0) is 19.4. The molecule has 0 unspecified atom stereocenters. The Balaban J connectivity index is -0.000000195. The molecule has 0 saturated heterocycles. The molecule has 0 bridgehead atoms. The van der Waals surface area contributed by atoms with E-state index in [-0.39, 0.29) is 95.1 Å². The quantitative estimate of drug-likeness (QED) is 0.142. The first kappa shape index (κ1) is 40.9. The second-order valence-electron chi connectivity index (χ2n) is 6.54. The van der Waals surface area contributed by atoms with Gasteiger partial charge in [0, 0.05) is 5.97 Å². The summed E-state index contributed by atoms with van der Waals surface area (Å²) in [7, 11) is -5.14. The van der Waals surface area contributed by atoms with Crippen LogP contribution in [0, 0.1) is 0 Å². The number of rotatable bonds is 16. The van der Waals surface area contributed by atoms with Gasteiger partial charge in [-0.15, -0.1) is 0 Å². The fourth-order valence-corrected chi connectivity index (χ4v) is 2.64. The molecule has 152 valence electrons. The van der Waals surface area contributed by atoms with Gasteiger partial charge in [-0.25, -0.2) is 0 Å². The van der Waals surface area contributed by atoms with Crippen molar-refractivity contribution in [2.75, 3.05) is 0 Å². The summed E-state index contributed by atoms with van der Waals surface area (Å²) in [5.74, 6) is -0.903. The van der Waals surface area contributed by atoms with Crippen LogP contribution in [0.2, 0.25) is 0 Å². The number of hydrogen-bond donors (Lipinski definition) is 1. The van der Waals surface area contributed by atoms with Crippen molar-refractivity contribution in [3.8, 4) is 0 Å². The Morgan fingerprint density at radius 2 is 0.893 bits per heavy atom. The number of phosphoric acid groups is 1. The maximum absolute atomic E-state index is 10.2. The van der Waals surface area contributed by atoms with E-state index in [1.807, 2.05) is 0 Å². The van der Waals surface area contributed by atoms with E-state index < -0.39 is 13.8 Å². The third-order valence-corrected chi connectivity index (χ3v) is 3.98. The minimum atomic E-state index is -5.14. The first-order chi connectivity index (χ1) is 11.8. The normalized spacial score (nSPS) is 9.86. The number of carbonyl (C=O) groups is 1. The van der Waals surface area contributed by atoms with E-state index in [2.05, 4.69) is 6.92 Å². The smallest absolute Gasteiger partial charge is 0.790 e. The second kappa shape index (κ2) is 31.8. The number of unbranched alkanes of at least 4 members (excludes halogenated alkanes) is 14. The molecule has 0 saturated carbocycles. The van der Waals surface area contributed by atoms with Crippen molar-refractivity contribution in [1.82, 2.24) is 0 Å². The Bertz CT molecular complexity index is 335. The summed E-state index contributed by atoms with van der Waals surface area (Å²) in [5.41, 5.74) is 0. The van der Waals surface area contributed by atoms with Crippen molar-refractivity contribution >= 4 is 13.8 Å². The predicted molar refractivity (Wildman–Crippen MR) is 94.4 cm³/mol. The fraction of sp³-hybridized carbons (Fsp3) is 0.944.